The van der Waals surface area contributed by atoms with E-state index in [0.29, 0.717) is 12.5 Å². The Morgan fingerprint density at radius 2 is 2.12 bits per heavy atom. The van der Waals surface area contributed by atoms with Gasteiger partial charge in [-0.2, -0.15) is 0 Å². The standard InChI is InChI=1S/C12H25NO3Si/c1-12(2,3)16-11(14)13-6-9(8-17)5-10(13)7-15-4/h9-10H,5-8H2,1-4,17H3/t9-,10-/m0/s1. The monoisotopic (exact) mass is 259 g/mol. The lowest BCUT2D eigenvalue weighted by molar-refractivity contribution is 0.0146. The third-order valence-electron chi connectivity index (χ3n) is 3.07. The van der Waals surface area contributed by atoms with E-state index in [4.69, 9.17) is 9.47 Å². The Bertz CT molecular complexity index is 265. The Morgan fingerprint density at radius 3 is 2.59 bits per heavy atom. The lowest BCUT2D eigenvalue weighted by atomic mass is 10.1. The maximum atomic E-state index is 12.1. The molecule has 1 aliphatic heterocycles. The second kappa shape index (κ2) is 5.86. The summed E-state index contributed by atoms with van der Waals surface area (Å²) in [6, 6.07) is 1.42. The Hall–Kier alpha value is -0.553. The number of nitrogens with zero attached hydrogens (tertiary/aromatic N) is 1. The number of amides is 1. The minimum atomic E-state index is -0.423. The van der Waals surface area contributed by atoms with Gasteiger partial charge in [-0.3, -0.25) is 0 Å². The topological polar surface area (TPSA) is 38.8 Å². The molecule has 0 unspecified atom stereocenters. The molecule has 100 valence electrons. The van der Waals surface area contributed by atoms with Gasteiger partial charge in [0.25, 0.3) is 0 Å². The number of hydrogen-bond donors (Lipinski definition) is 0. The van der Waals surface area contributed by atoms with Crippen molar-refractivity contribution < 1.29 is 14.3 Å². The lowest BCUT2D eigenvalue weighted by Crippen LogP contribution is -2.41. The normalized spacial score (nSPS) is 25.3. The molecule has 0 N–H and O–H groups in total. The number of methoxy groups -OCH3 is 1. The molecular formula is C12H25NO3Si. The van der Waals surface area contributed by atoms with Crippen LogP contribution >= 0.6 is 0 Å². The van der Waals surface area contributed by atoms with Crippen LogP contribution in [0, 0.1) is 5.92 Å². The van der Waals surface area contributed by atoms with Gasteiger partial charge in [0.15, 0.2) is 0 Å². The molecule has 1 saturated heterocycles. The summed E-state index contributed by atoms with van der Waals surface area (Å²) in [6.45, 7) is 7.13. The van der Waals surface area contributed by atoms with E-state index >= 15 is 0 Å². The van der Waals surface area contributed by atoms with E-state index < -0.39 is 5.60 Å². The molecule has 0 saturated carbocycles. The van der Waals surface area contributed by atoms with Crippen LogP contribution in [0.4, 0.5) is 4.79 Å². The van der Waals surface area contributed by atoms with Gasteiger partial charge in [0, 0.05) is 23.9 Å². The van der Waals surface area contributed by atoms with Crippen LogP contribution in [0.2, 0.25) is 6.04 Å². The summed E-state index contributed by atoms with van der Waals surface area (Å²) in [5, 5.41) is 0. The van der Waals surface area contributed by atoms with Crippen molar-refractivity contribution in [1.29, 1.82) is 0 Å². The van der Waals surface area contributed by atoms with Crippen LogP contribution in [0.3, 0.4) is 0 Å². The van der Waals surface area contributed by atoms with Crippen LogP contribution in [0.5, 0.6) is 0 Å². The van der Waals surface area contributed by atoms with Crippen LogP contribution in [0.15, 0.2) is 0 Å². The molecule has 0 spiro atoms. The number of carbonyl (C=O) groups is 1. The number of likely N-dealkylation sites (tertiary alicyclic amines) is 1. The first-order valence-corrected chi connectivity index (χ1v) is 7.77. The van der Waals surface area contributed by atoms with Gasteiger partial charge in [0.2, 0.25) is 0 Å². The van der Waals surface area contributed by atoms with Crippen molar-refractivity contribution in [3.05, 3.63) is 0 Å². The van der Waals surface area contributed by atoms with E-state index in [0.717, 1.165) is 13.0 Å². The summed E-state index contributed by atoms with van der Waals surface area (Å²) in [5.41, 5.74) is -0.423. The summed E-state index contributed by atoms with van der Waals surface area (Å²) in [6.07, 6.45) is 0.855. The fourth-order valence-electron chi connectivity index (χ4n) is 2.20. The second-order valence-corrected chi connectivity index (χ2v) is 6.57. The molecule has 1 rings (SSSR count). The minimum absolute atomic E-state index is 0.189. The van der Waals surface area contributed by atoms with Crippen molar-refractivity contribution in [2.24, 2.45) is 5.92 Å². The smallest absolute Gasteiger partial charge is 0.410 e. The maximum Gasteiger partial charge on any atom is 0.410 e. The summed E-state index contributed by atoms with van der Waals surface area (Å²) < 4.78 is 10.6. The minimum Gasteiger partial charge on any atom is -0.444 e. The third-order valence-corrected chi connectivity index (χ3v) is 4.22. The van der Waals surface area contributed by atoms with Crippen LogP contribution in [-0.2, 0) is 9.47 Å². The quantitative estimate of drug-likeness (QED) is 0.711. The zero-order valence-corrected chi connectivity index (χ0v) is 13.7. The zero-order valence-electron chi connectivity index (χ0n) is 11.7. The molecule has 0 bridgehead atoms. The predicted molar refractivity (Wildman–Crippen MR) is 71.5 cm³/mol. The molecule has 1 amide bonds. The van der Waals surface area contributed by atoms with E-state index in [-0.39, 0.29) is 12.1 Å². The molecular weight excluding hydrogens is 234 g/mol. The van der Waals surface area contributed by atoms with Crippen molar-refractivity contribution in [2.45, 2.75) is 44.9 Å². The summed E-state index contributed by atoms with van der Waals surface area (Å²) in [5.74, 6) is 0.634. The fraction of sp³-hybridized carbons (Fsp3) is 0.917. The summed E-state index contributed by atoms with van der Waals surface area (Å²) in [7, 11) is 2.87. The molecule has 0 aromatic carbocycles. The van der Waals surface area contributed by atoms with Gasteiger partial charge in [-0.15, -0.1) is 0 Å². The molecule has 0 aromatic rings. The van der Waals surface area contributed by atoms with Crippen molar-refractivity contribution >= 4 is 16.3 Å². The fourth-order valence-corrected chi connectivity index (χ4v) is 2.80. The Kier molecular flexibility index (Phi) is 5.00. The molecule has 1 aliphatic rings. The number of hydrogen-bond acceptors (Lipinski definition) is 3. The second-order valence-electron chi connectivity index (χ2n) is 5.75. The molecule has 0 radical (unpaired) electrons. The van der Waals surface area contributed by atoms with E-state index in [9.17, 15) is 4.79 Å². The highest BCUT2D eigenvalue weighted by Crippen LogP contribution is 2.27. The molecule has 1 heterocycles. The number of carbonyl (C=O) groups excluding carboxylic acids is 1. The van der Waals surface area contributed by atoms with Crippen molar-refractivity contribution in [3.63, 3.8) is 0 Å². The van der Waals surface area contributed by atoms with E-state index in [1.165, 1.54) is 16.3 Å². The molecule has 2 atom stereocenters. The van der Waals surface area contributed by atoms with Crippen LogP contribution in [0.25, 0.3) is 0 Å². The van der Waals surface area contributed by atoms with Crippen molar-refractivity contribution in [3.8, 4) is 0 Å². The van der Waals surface area contributed by atoms with Crippen LogP contribution < -0.4 is 0 Å². The first kappa shape index (κ1) is 14.5. The first-order valence-electron chi connectivity index (χ1n) is 6.36. The van der Waals surface area contributed by atoms with Gasteiger partial charge >= 0.3 is 6.09 Å². The van der Waals surface area contributed by atoms with Crippen LogP contribution in [0.1, 0.15) is 27.2 Å². The van der Waals surface area contributed by atoms with Gasteiger partial charge < -0.3 is 14.4 Å². The average Bonchev–Trinajstić information content (AvgIpc) is 2.59. The largest absolute Gasteiger partial charge is 0.444 e. The van der Waals surface area contributed by atoms with Gasteiger partial charge in [-0.1, -0.05) is 6.04 Å². The highest BCUT2D eigenvalue weighted by molar-refractivity contribution is 6.08. The predicted octanol–water partition coefficient (Wildman–Crippen LogP) is 1.04. The Morgan fingerprint density at radius 1 is 1.47 bits per heavy atom. The van der Waals surface area contributed by atoms with Gasteiger partial charge in [-0.25, -0.2) is 4.79 Å². The third kappa shape index (κ3) is 4.31. The van der Waals surface area contributed by atoms with Crippen molar-refractivity contribution in [1.82, 2.24) is 4.90 Å². The highest BCUT2D eigenvalue weighted by Gasteiger charge is 2.36. The van der Waals surface area contributed by atoms with Gasteiger partial charge in [0.1, 0.15) is 5.60 Å². The van der Waals surface area contributed by atoms with E-state index in [1.54, 1.807) is 7.11 Å². The molecule has 0 aromatic heterocycles. The highest BCUT2D eigenvalue weighted by atomic mass is 28.1. The molecule has 1 fully saturated rings. The molecule has 0 aliphatic carbocycles. The Labute approximate surface area is 107 Å². The summed E-state index contributed by atoms with van der Waals surface area (Å²) >= 11 is 0. The average molecular weight is 259 g/mol. The summed E-state index contributed by atoms with van der Waals surface area (Å²) in [4.78, 5) is 13.9. The van der Waals surface area contributed by atoms with Crippen molar-refractivity contribution in [2.75, 3.05) is 20.3 Å². The van der Waals surface area contributed by atoms with Gasteiger partial charge in [-0.05, 0) is 33.1 Å². The number of rotatable bonds is 3. The van der Waals surface area contributed by atoms with E-state index in [2.05, 4.69) is 0 Å². The van der Waals surface area contributed by atoms with E-state index in [1.807, 2.05) is 25.7 Å². The molecule has 4 nitrogen and oxygen atoms in total. The maximum absolute atomic E-state index is 12.1. The lowest BCUT2D eigenvalue weighted by Gasteiger charge is -2.28. The Balaban J connectivity index is 2.63. The molecule has 5 heteroatoms. The molecule has 17 heavy (non-hydrogen) atoms. The zero-order chi connectivity index (χ0) is 13.1. The first-order chi connectivity index (χ1) is 7.87. The van der Waals surface area contributed by atoms with Gasteiger partial charge in [0.05, 0.1) is 12.6 Å². The SMILES string of the molecule is COC[C@@H]1C[C@H](C[SiH3])CN1C(=O)OC(C)(C)C. The van der Waals surface area contributed by atoms with Crippen LogP contribution in [-0.4, -0.2) is 53.1 Å². The number of ether oxygens (including phenoxy) is 2.